The molecule has 0 radical (unpaired) electrons. The molecule has 1 rings (SSSR count). The molecule has 0 unspecified atom stereocenters. The van der Waals surface area contributed by atoms with Crippen LogP contribution in [0.2, 0.25) is 0 Å². The van der Waals surface area contributed by atoms with E-state index in [2.05, 4.69) is 0 Å². The number of alkyl halides is 3. The van der Waals surface area contributed by atoms with Gasteiger partial charge >= 0.3 is 6.18 Å². The second-order valence-electron chi connectivity index (χ2n) is 3.08. The lowest BCUT2D eigenvalue weighted by atomic mass is 9.92. The molecule has 0 amide bonds. The van der Waals surface area contributed by atoms with Crippen molar-refractivity contribution in [1.29, 1.82) is 0 Å². The van der Waals surface area contributed by atoms with Crippen molar-refractivity contribution in [2.45, 2.75) is 32.9 Å². The fraction of sp³-hybridized carbons (Fsp3) is 1.00. The highest BCUT2D eigenvalue weighted by atomic mass is 19.4. The molecule has 60 valence electrons. The van der Waals surface area contributed by atoms with E-state index >= 15 is 0 Å². The third-order valence-electron chi connectivity index (χ3n) is 2.25. The lowest BCUT2D eigenvalue weighted by Gasteiger charge is -2.22. The highest BCUT2D eigenvalue weighted by Gasteiger charge is 2.64. The molecule has 0 atom stereocenters. The fourth-order valence-corrected chi connectivity index (χ4v) is 1.19. The zero-order valence-electron chi connectivity index (χ0n) is 7.05. The minimum absolute atomic E-state index is 0.118. The van der Waals surface area contributed by atoms with Crippen LogP contribution >= 0.6 is 0 Å². The van der Waals surface area contributed by atoms with E-state index in [1.54, 1.807) is 0 Å². The van der Waals surface area contributed by atoms with Crippen molar-refractivity contribution in [2.75, 3.05) is 0 Å². The minimum Gasteiger partial charge on any atom is -0.170 e. The molecule has 1 aliphatic rings. The Bertz CT molecular complexity index is 146. The number of hydrogen-bond acceptors (Lipinski definition) is 0. The van der Waals surface area contributed by atoms with Gasteiger partial charge in [-0.15, -0.1) is 0 Å². The van der Waals surface area contributed by atoms with E-state index in [9.17, 15) is 13.2 Å². The summed E-state index contributed by atoms with van der Waals surface area (Å²) in [6, 6.07) is 0. The van der Waals surface area contributed by atoms with Crippen LogP contribution in [0.4, 0.5) is 13.2 Å². The molecule has 1 fully saturated rings. The van der Waals surface area contributed by atoms with Crippen molar-refractivity contribution in [3.8, 4) is 0 Å². The number of hydrogen-bond donors (Lipinski definition) is 0. The van der Waals surface area contributed by atoms with E-state index in [0.29, 0.717) is 0 Å². The maximum atomic E-state index is 12.3. The first-order chi connectivity index (χ1) is 4.71. The van der Waals surface area contributed by atoms with Crippen molar-refractivity contribution < 1.29 is 14.5 Å². The molecule has 0 N–H and O–H groups in total. The first kappa shape index (κ1) is 6.50. The van der Waals surface area contributed by atoms with Crippen molar-refractivity contribution >= 4 is 0 Å². The predicted octanol–water partition coefficient (Wildman–Crippen LogP) is 2.98. The van der Waals surface area contributed by atoms with Crippen molar-refractivity contribution in [3.63, 3.8) is 0 Å². The van der Waals surface area contributed by atoms with E-state index in [0.717, 1.165) is 0 Å². The Labute approximate surface area is 59.8 Å². The third-order valence-corrected chi connectivity index (χ3v) is 2.25. The van der Waals surface area contributed by atoms with Gasteiger partial charge in [0.2, 0.25) is 0 Å². The predicted molar refractivity (Wildman–Crippen MR) is 32.6 cm³/mol. The van der Waals surface area contributed by atoms with Crippen molar-refractivity contribution in [1.82, 2.24) is 0 Å². The standard InChI is InChI=1S/C7H11F3/c1-5(2)6(3-4-6)7(8,9)10/h5H,3-4H2,1-2H3/i5D. The van der Waals surface area contributed by atoms with Crippen molar-refractivity contribution in [2.24, 2.45) is 11.3 Å². The fourth-order valence-electron chi connectivity index (χ4n) is 1.19. The molecule has 0 aromatic carbocycles. The SMILES string of the molecule is [2H]C(C)(C)C1(C(F)(F)F)CC1. The van der Waals surface area contributed by atoms with Crippen LogP contribution in [0, 0.1) is 11.3 Å². The van der Waals surface area contributed by atoms with Crippen LogP contribution < -0.4 is 0 Å². The summed E-state index contributed by atoms with van der Waals surface area (Å²) in [5, 5.41) is 0. The Hall–Kier alpha value is -0.210. The van der Waals surface area contributed by atoms with Gasteiger partial charge in [-0.25, -0.2) is 0 Å². The second-order valence-corrected chi connectivity index (χ2v) is 3.08. The average Bonchev–Trinajstić information content (AvgIpc) is 2.31. The Morgan fingerprint density at radius 2 is 1.80 bits per heavy atom. The van der Waals surface area contributed by atoms with Gasteiger partial charge in [-0.05, 0) is 18.7 Å². The first-order valence-electron chi connectivity index (χ1n) is 3.77. The molecule has 3 heteroatoms. The van der Waals surface area contributed by atoms with Gasteiger partial charge in [0.05, 0.1) is 5.41 Å². The smallest absolute Gasteiger partial charge is 0.170 e. The molecule has 10 heavy (non-hydrogen) atoms. The van der Waals surface area contributed by atoms with Crippen LogP contribution in [0.5, 0.6) is 0 Å². The maximum Gasteiger partial charge on any atom is 0.394 e. The van der Waals surface area contributed by atoms with Crippen LogP contribution in [0.3, 0.4) is 0 Å². The average molecular weight is 153 g/mol. The lowest BCUT2D eigenvalue weighted by molar-refractivity contribution is -0.199. The van der Waals surface area contributed by atoms with Gasteiger partial charge in [-0.2, -0.15) is 13.2 Å². The summed E-state index contributed by atoms with van der Waals surface area (Å²) in [4.78, 5) is 0. The number of halogens is 3. The summed E-state index contributed by atoms with van der Waals surface area (Å²) < 4.78 is 44.1. The Morgan fingerprint density at radius 1 is 1.40 bits per heavy atom. The van der Waals surface area contributed by atoms with E-state index in [1.165, 1.54) is 13.8 Å². The molecule has 0 saturated heterocycles. The minimum atomic E-state index is -4.20. The zero-order chi connectivity index (χ0) is 8.91. The van der Waals surface area contributed by atoms with Gasteiger partial charge in [-0.3, -0.25) is 0 Å². The summed E-state index contributed by atoms with van der Waals surface area (Å²) in [7, 11) is 0. The summed E-state index contributed by atoms with van der Waals surface area (Å²) >= 11 is 0. The van der Waals surface area contributed by atoms with E-state index in [1.807, 2.05) is 0 Å². The second kappa shape index (κ2) is 1.89. The molecule has 0 spiro atoms. The quantitative estimate of drug-likeness (QED) is 0.543. The summed E-state index contributed by atoms with van der Waals surface area (Å²) in [5.74, 6) is -1.38. The third kappa shape index (κ3) is 0.917. The highest BCUT2D eigenvalue weighted by Crippen LogP contribution is 2.62. The van der Waals surface area contributed by atoms with Gasteiger partial charge in [0.15, 0.2) is 0 Å². The van der Waals surface area contributed by atoms with Crippen LogP contribution in [0.15, 0.2) is 0 Å². The molecule has 0 aromatic rings. The largest absolute Gasteiger partial charge is 0.394 e. The van der Waals surface area contributed by atoms with Crippen LogP contribution in [-0.2, 0) is 0 Å². The van der Waals surface area contributed by atoms with Gasteiger partial charge in [0.25, 0.3) is 0 Å². The lowest BCUT2D eigenvalue weighted by Crippen LogP contribution is -2.29. The van der Waals surface area contributed by atoms with Gasteiger partial charge < -0.3 is 0 Å². The van der Waals surface area contributed by atoms with Gasteiger partial charge in [0.1, 0.15) is 0 Å². The zero-order valence-corrected chi connectivity index (χ0v) is 6.05. The molecule has 0 aliphatic heterocycles. The topological polar surface area (TPSA) is 0 Å². The van der Waals surface area contributed by atoms with Crippen LogP contribution in [0.1, 0.15) is 28.1 Å². The number of rotatable bonds is 1. The van der Waals surface area contributed by atoms with Crippen LogP contribution in [0.25, 0.3) is 0 Å². The molecule has 1 saturated carbocycles. The molecule has 0 aromatic heterocycles. The molecule has 1 aliphatic carbocycles. The van der Waals surface area contributed by atoms with Crippen LogP contribution in [-0.4, -0.2) is 6.18 Å². The highest BCUT2D eigenvalue weighted by molar-refractivity contribution is 5.00. The van der Waals surface area contributed by atoms with Crippen molar-refractivity contribution in [3.05, 3.63) is 0 Å². The molecular formula is C7H11F3. The Balaban J connectivity index is 2.85. The first-order valence-corrected chi connectivity index (χ1v) is 3.27. The van der Waals surface area contributed by atoms with E-state index < -0.39 is 17.5 Å². The molecule has 0 bridgehead atoms. The monoisotopic (exact) mass is 153 g/mol. The Morgan fingerprint density at radius 3 is 1.80 bits per heavy atom. The normalized spacial score (nSPS) is 25.9. The van der Waals surface area contributed by atoms with E-state index in [4.69, 9.17) is 1.37 Å². The molecule has 0 nitrogen and oxygen atoms in total. The summed E-state index contributed by atoms with van der Waals surface area (Å²) in [6.45, 7) is 2.65. The summed E-state index contributed by atoms with van der Waals surface area (Å²) in [6.07, 6.45) is -3.96. The van der Waals surface area contributed by atoms with Gasteiger partial charge in [0, 0.05) is 1.37 Å². The molecular weight excluding hydrogens is 141 g/mol. The molecule has 0 heterocycles. The summed E-state index contributed by atoms with van der Waals surface area (Å²) in [5.41, 5.74) is -1.71. The Kier molecular flexibility index (Phi) is 1.23. The van der Waals surface area contributed by atoms with Gasteiger partial charge in [-0.1, -0.05) is 13.8 Å². The maximum absolute atomic E-state index is 12.3. The van der Waals surface area contributed by atoms with E-state index in [-0.39, 0.29) is 12.8 Å².